The number of amides is 1. The van der Waals surface area contributed by atoms with Crippen LogP contribution in [0.5, 0.6) is 0 Å². The highest BCUT2D eigenvalue weighted by Crippen LogP contribution is 2.21. The average Bonchev–Trinajstić information content (AvgIpc) is 2.40. The van der Waals surface area contributed by atoms with Gasteiger partial charge in [0.2, 0.25) is 5.91 Å². The van der Waals surface area contributed by atoms with E-state index in [1.165, 1.54) is 18.2 Å². The number of aryl methyl sites for hydroxylation is 1. The van der Waals surface area contributed by atoms with E-state index in [4.69, 9.17) is 5.73 Å². The van der Waals surface area contributed by atoms with Crippen LogP contribution in [-0.4, -0.2) is 10.8 Å². The Hall–Kier alpha value is -2.89. The number of nitrogens with one attached hydrogen (secondary N) is 1. The van der Waals surface area contributed by atoms with Crippen molar-refractivity contribution in [2.75, 3.05) is 11.1 Å². The molecule has 2 aromatic rings. The minimum Gasteiger partial charge on any atom is -0.399 e. The smallest absolute Gasteiger partial charge is 0.269 e. The van der Waals surface area contributed by atoms with Gasteiger partial charge in [0, 0.05) is 23.5 Å². The summed E-state index contributed by atoms with van der Waals surface area (Å²) in [7, 11) is 0. The average molecular weight is 285 g/mol. The SMILES string of the molecule is Cc1cc([N+](=O)[O-])ccc1NC(=O)Cc1cccc(N)c1. The number of hydrogen-bond donors (Lipinski definition) is 2. The van der Waals surface area contributed by atoms with Crippen molar-refractivity contribution >= 4 is 23.0 Å². The maximum Gasteiger partial charge on any atom is 0.269 e. The van der Waals surface area contributed by atoms with Crippen LogP contribution in [0.15, 0.2) is 42.5 Å². The quantitative estimate of drug-likeness (QED) is 0.512. The van der Waals surface area contributed by atoms with E-state index in [2.05, 4.69) is 5.32 Å². The van der Waals surface area contributed by atoms with Crippen LogP contribution in [0.4, 0.5) is 17.1 Å². The molecule has 0 fully saturated rings. The molecule has 0 aromatic heterocycles. The minimum absolute atomic E-state index is 0.00123. The van der Waals surface area contributed by atoms with E-state index in [1.54, 1.807) is 25.1 Å². The van der Waals surface area contributed by atoms with Gasteiger partial charge in [0.1, 0.15) is 0 Å². The largest absolute Gasteiger partial charge is 0.399 e. The number of nitro benzene ring substituents is 1. The lowest BCUT2D eigenvalue weighted by Crippen LogP contribution is -2.15. The van der Waals surface area contributed by atoms with E-state index in [-0.39, 0.29) is 18.0 Å². The Bertz CT molecular complexity index is 698. The molecule has 0 saturated carbocycles. The molecule has 0 atom stereocenters. The van der Waals surface area contributed by atoms with Gasteiger partial charge < -0.3 is 11.1 Å². The molecular formula is C15H15N3O3. The molecular weight excluding hydrogens is 270 g/mol. The molecule has 6 heteroatoms. The number of hydrogen-bond acceptors (Lipinski definition) is 4. The number of carbonyl (C=O) groups is 1. The van der Waals surface area contributed by atoms with Crippen LogP contribution in [-0.2, 0) is 11.2 Å². The van der Waals surface area contributed by atoms with E-state index in [9.17, 15) is 14.9 Å². The Morgan fingerprint density at radius 1 is 1.29 bits per heavy atom. The zero-order chi connectivity index (χ0) is 15.4. The summed E-state index contributed by atoms with van der Waals surface area (Å²) in [5.74, 6) is -0.197. The predicted octanol–water partition coefficient (Wildman–Crippen LogP) is 2.67. The Morgan fingerprint density at radius 3 is 2.67 bits per heavy atom. The van der Waals surface area contributed by atoms with Gasteiger partial charge in [0.05, 0.1) is 11.3 Å². The van der Waals surface area contributed by atoms with Gasteiger partial charge in [0.25, 0.3) is 5.69 Å². The highest BCUT2D eigenvalue weighted by atomic mass is 16.6. The lowest BCUT2D eigenvalue weighted by molar-refractivity contribution is -0.384. The second-order valence-corrected chi connectivity index (χ2v) is 4.73. The second kappa shape index (κ2) is 6.04. The van der Waals surface area contributed by atoms with Crippen molar-refractivity contribution in [3.8, 4) is 0 Å². The zero-order valence-electron chi connectivity index (χ0n) is 11.5. The number of carbonyl (C=O) groups excluding carboxylic acids is 1. The van der Waals surface area contributed by atoms with Crippen molar-refractivity contribution in [1.29, 1.82) is 0 Å². The first-order valence-corrected chi connectivity index (χ1v) is 6.35. The summed E-state index contributed by atoms with van der Waals surface area (Å²) in [4.78, 5) is 22.2. The number of non-ortho nitro benzene ring substituents is 1. The Kier molecular flexibility index (Phi) is 4.18. The first kappa shape index (κ1) is 14.5. The van der Waals surface area contributed by atoms with Crippen molar-refractivity contribution in [1.82, 2.24) is 0 Å². The number of nitrogen functional groups attached to an aromatic ring is 1. The number of benzene rings is 2. The molecule has 0 saturated heterocycles. The monoisotopic (exact) mass is 285 g/mol. The minimum atomic E-state index is -0.467. The van der Waals surface area contributed by atoms with Crippen molar-refractivity contribution in [2.45, 2.75) is 13.3 Å². The van der Waals surface area contributed by atoms with E-state index >= 15 is 0 Å². The molecule has 3 N–H and O–H groups in total. The van der Waals surface area contributed by atoms with Gasteiger partial charge in [-0.2, -0.15) is 0 Å². The summed E-state index contributed by atoms with van der Waals surface area (Å²) in [5, 5.41) is 13.4. The van der Waals surface area contributed by atoms with Gasteiger partial charge in [0.15, 0.2) is 0 Å². The third-order valence-electron chi connectivity index (χ3n) is 3.01. The summed E-state index contributed by atoms with van der Waals surface area (Å²) in [5.41, 5.74) is 8.29. The molecule has 0 bridgehead atoms. The van der Waals surface area contributed by atoms with E-state index in [1.807, 2.05) is 6.07 Å². The third kappa shape index (κ3) is 3.79. The van der Waals surface area contributed by atoms with Gasteiger partial charge >= 0.3 is 0 Å². The standard InChI is InChI=1S/C15H15N3O3/c1-10-7-13(18(20)21)5-6-14(10)17-15(19)9-11-3-2-4-12(16)8-11/h2-8H,9,16H2,1H3,(H,17,19). The summed E-state index contributed by atoms with van der Waals surface area (Å²) < 4.78 is 0. The van der Waals surface area contributed by atoms with Gasteiger partial charge in [-0.15, -0.1) is 0 Å². The molecule has 6 nitrogen and oxygen atoms in total. The van der Waals surface area contributed by atoms with Gasteiger partial charge in [-0.05, 0) is 36.2 Å². The van der Waals surface area contributed by atoms with Crippen LogP contribution in [0.3, 0.4) is 0 Å². The Labute approximate surface area is 121 Å². The molecule has 2 rings (SSSR count). The van der Waals surface area contributed by atoms with Crippen LogP contribution in [0, 0.1) is 17.0 Å². The van der Waals surface area contributed by atoms with Gasteiger partial charge in [-0.3, -0.25) is 14.9 Å². The molecule has 0 heterocycles. The van der Waals surface area contributed by atoms with Crippen molar-refractivity contribution in [3.05, 3.63) is 63.7 Å². The van der Waals surface area contributed by atoms with Crippen molar-refractivity contribution in [3.63, 3.8) is 0 Å². The molecule has 1 amide bonds. The number of nitrogens with two attached hydrogens (primary N) is 1. The Balaban J connectivity index is 2.08. The lowest BCUT2D eigenvalue weighted by Gasteiger charge is -2.08. The molecule has 108 valence electrons. The topological polar surface area (TPSA) is 98.3 Å². The summed E-state index contributed by atoms with van der Waals surface area (Å²) in [6.45, 7) is 1.71. The lowest BCUT2D eigenvalue weighted by atomic mass is 10.1. The maximum atomic E-state index is 12.0. The van der Waals surface area contributed by atoms with Crippen LogP contribution in [0.2, 0.25) is 0 Å². The van der Waals surface area contributed by atoms with Crippen LogP contribution in [0.1, 0.15) is 11.1 Å². The molecule has 0 spiro atoms. The molecule has 0 aliphatic heterocycles. The van der Waals surface area contributed by atoms with Crippen LogP contribution in [0.25, 0.3) is 0 Å². The number of nitrogens with zero attached hydrogens (tertiary/aromatic N) is 1. The molecule has 0 radical (unpaired) electrons. The molecule has 0 aliphatic carbocycles. The fourth-order valence-electron chi connectivity index (χ4n) is 1.98. The summed E-state index contributed by atoms with van der Waals surface area (Å²) >= 11 is 0. The van der Waals surface area contributed by atoms with E-state index in [0.717, 1.165) is 5.56 Å². The predicted molar refractivity (Wildman–Crippen MR) is 81.0 cm³/mol. The van der Waals surface area contributed by atoms with Crippen molar-refractivity contribution in [2.24, 2.45) is 0 Å². The second-order valence-electron chi connectivity index (χ2n) is 4.73. The molecule has 0 aliphatic rings. The fourth-order valence-corrected chi connectivity index (χ4v) is 1.98. The number of rotatable bonds is 4. The van der Waals surface area contributed by atoms with Crippen molar-refractivity contribution < 1.29 is 9.72 Å². The van der Waals surface area contributed by atoms with Gasteiger partial charge in [-0.1, -0.05) is 12.1 Å². The summed E-state index contributed by atoms with van der Waals surface area (Å²) in [6.07, 6.45) is 0.196. The van der Waals surface area contributed by atoms with Crippen LogP contribution < -0.4 is 11.1 Å². The first-order valence-electron chi connectivity index (χ1n) is 6.35. The third-order valence-corrected chi connectivity index (χ3v) is 3.01. The number of anilines is 2. The highest BCUT2D eigenvalue weighted by molar-refractivity contribution is 5.93. The van der Waals surface area contributed by atoms with E-state index in [0.29, 0.717) is 16.9 Å². The summed E-state index contributed by atoms with van der Waals surface area (Å²) in [6, 6.07) is 11.4. The zero-order valence-corrected chi connectivity index (χ0v) is 11.5. The maximum absolute atomic E-state index is 12.0. The fraction of sp³-hybridized carbons (Fsp3) is 0.133. The van der Waals surface area contributed by atoms with E-state index < -0.39 is 4.92 Å². The van der Waals surface area contributed by atoms with Gasteiger partial charge in [-0.25, -0.2) is 0 Å². The molecule has 0 unspecified atom stereocenters. The van der Waals surface area contributed by atoms with Crippen LogP contribution >= 0.6 is 0 Å². The molecule has 21 heavy (non-hydrogen) atoms. The normalized spacial score (nSPS) is 10.1. The number of nitro groups is 1. The Morgan fingerprint density at radius 2 is 2.05 bits per heavy atom. The first-order chi connectivity index (χ1) is 9.95. The highest BCUT2D eigenvalue weighted by Gasteiger charge is 2.10. The molecule has 2 aromatic carbocycles.